The summed E-state index contributed by atoms with van der Waals surface area (Å²) in [5.41, 5.74) is 1.12. The second-order valence-electron chi connectivity index (χ2n) is 3.83. The van der Waals surface area contributed by atoms with Crippen molar-refractivity contribution >= 4 is 12.2 Å². The van der Waals surface area contributed by atoms with Crippen LogP contribution in [0.25, 0.3) is 12.2 Å². The molecule has 2 aromatic rings. The molecule has 0 bridgehead atoms. The Bertz CT molecular complexity index is 603. The SMILES string of the molecule is Oc1cccc(C=Cc2cc(O)c(O)cc2O)c1. The van der Waals surface area contributed by atoms with Gasteiger partial charge in [0.25, 0.3) is 0 Å². The van der Waals surface area contributed by atoms with Gasteiger partial charge in [0.15, 0.2) is 11.5 Å². The molecule has 0 fully saturated rings. The lowest BCUT2D eigenvalue weighted by atomic mass is 10.1. The first-order chi connectivity index (χ1) is 8.56. The van der Waals surface area contributed by atoms with Crippen LogP contribution in [-0.4, -0.2) is 20.4 Å². The van der Waals surface area contributed by atoms with Crippen LogP contribution in [0.2, 0.25) is 0 Å². The lowest BCUT2D eigenvalue weighted by Crippen LogP contribution is -1.77. The highest BCUT2D eigenvalue weighted by molar-refractivity contribution is 5.74. The third-order valence-electron chi connectivity index (χ3n) is 2.45. The molecule has 4 N–H and O–H groups in total. The van der Waals surface area contributed by atoms with Crippen LogP contribution in [0.3, 0.4) is 0 Å². The fourth-order valence-electron chi connectivity index (χ4n) is 1.53. The molecule has 0 heterocycles. The van der Waals surface area contributed by atoms with Crippen molar-refractivity contribution in [3.05, 3.63) is 47.5 Å². The predicted molar refractivity (Wildman–Crippen MR) is 68.5 cm³/mol. The molecule has 18 heavy (non-hydrogen) atoms. The highest BCUT2D eigenvalue weighted by Gasteiger charge is 2.04. The Balaban J connectivity index is 2.32. The van der Waals surface area contributed by atoms with E-state index >= 15 is 0 Å². The van der Waals surface area contributed by atoms with Crippen LogP contribution in [-0.2, 0) is 0 Å². The Morgan fingerprint density at radius 1 is 0.722 bits per heavy atom. The zero-order chi connectivity index (χ0) is 13.1. The summed E-state index contributed by atoms with van der Waals surface area (Å²) in [4.78, 5) is 0. The lowest BCUT2D eigenvalue weighted by molar-refractivity contribution is 0.396. The average molecular weight is 244 g/mol. The van der Waals surface area contributed by atoms with Crippen molar-refractivity contribution in [2.75, 3.05) is 0 Å². The van der Waals surface area contributed by atoms with Crippen molar-refractivity contribution in [1.82, 2.24) is 0 Å². The van der Waals surface area contributed by atoms with Crippen molar-refractivity contribution in [3.8, 4) is 23.0 Å². The van der Waals surface area contributed by atoms with Crippen LogP contribution in [0.1, 0.15) is 11.1 Å². The van der Waals surface area contributed by atoms with Crippen molar-refractivity contribution in [2.24, 2.45) is 0 Å². The number of benzene rings is 2. The first kappa shape index (κ1) is 11.9. The number of aromatic hydroxyl groups is 4. The highest BCUT2D eigenvalue weighted by Crippen LogP contribution is 2.33. The molecular weight excluding hydrogens is 232 g/mol. The normalized spacial score (nSPS) is 10.9. The maximum Gasteiger partial charge on any atom is 0.161 e. The minimum Gasteiger partial charge on any atom is -0.508 e. The second kappa shape index (κ2) is 4.71. The number of rotatable bonds is 2. The minimum absolute atomic E-state index is 0.137. The van der Waals surface area contributed by atoms with E-state index in [1.807, 2.05) is 0 Å². The molecule has 2 rings (SSSR count). The van der Waals surface area contributed by atoms with Gasteiger partial charge >= 0.3 is 0 Å². The molecule has 0 unspecified atom stereocenters. The number of phenolic OH excluding ortho intramolecular Hbond substituents is 4. The molecule has 0 aliphatic carbocycles. The van der Waals surface area contributed by atoms with Gasteiger partial charge in [0.05, 0.1) is 0 Å². The molecule has 92 valence electrons. The smallest absolute Gasteiger partial charge is 0.161 e. The zero-order valence-corrected chi connectivity index (χ0v) is 9.41. The molecule has 2 aromatic carbocycles. The topological polar surface area (TPSA) is 80.9 Å². The van der Waals surface area contributed by atoms with E-state index in [2.05, 4.69) is 0 Å². The predicted octanol–water partition coefficient (Wildman–Crippen LogP) is 2.68. The Kier molecular flexibility index (Phi) is 3.10. The quantitative estimate of drug-likeness (QED) is 0.372. The first-order valence-electron chi connectivity index (χ1n) is 5.28. The van der Waals surface area contributed by atoms with E-state index in [9.17, 15) is 20.4 Å². The molecule has 0 aromatic heterocycles. The molecule has 0 spiro atoms. The standard InChI is InChI=1S/C14H12O4/c15-11-3-1-2-9(6-11)4-5-10-7-13(17)14(18)8-12(10)16/h1-8,15-18H. The van der Waals surface area contributed by atoms with Gasteiger partial charge < -0.3 is 20.4 Å². The summed E-state index contributed by atoms with van der Waals surface area (Å²) < 4.78 is 0. The van der Waals surface area contributed by atoms with Crippen molar-refractivity contribution in [3.63, 3.8) is 0 Å². The summed E-state index contributed by atoms with van der Waals surface area (Å²) in [6.07, 6.45) is 3.24. The van der Waals surface area contributed by atoms with Crippen LogP contribution in [0, 0.1) is 0 Å². The van der Waals surface area contributed by atoms with Gasteiger partial charge in [-0.15, -0.1) is 0 Å². The molecule has 0 amide bonds. The van der Waals surface area contributed by atoms with Crippen molar-refractivity contribution in [2.45, 2.75) is 0 Å². The van der Waals surface area contributed by atoms with E-state index in [1.54, 1.807) is 36.4 Å². The summed E-state index contributed by atoms with van der Waals surface area (Å²) in [6, 6.07) is 8.92. The first-order valence-corrected chi connectivity index (χ1v) is 5.28. The molecule has 0 aliphatic heterocycles. The Morgan fingerprint density at radius 2 is 1.44 bits per heavy atom. The molecular formula is C14H12O4. The largest absolute Gasteiger partial charge is 0.508 e. The summed E-state index contributed by atoms with van der Waals surface area (Å²) >= 11 is 0. The van der Waals surface area contributed by atoms with Gasteiger partial charge in [-0.1, -0.05) is 24.3 Å². The van der Waals surface area contributed by atoms with Crippen LogP contribution in [0.5, 0.6) is 23.0 Å². The number of hydrogen-bond donors (Lipinski definition) is 4. The molecule has 0 saturated heterocycles. The number of phenols is 4. The average Bonchev–Trinajstić information content (AvgIpc) is 2.32. The Labute approximate surface area is 104 Å². The third kappa shape index (κ3) is 2.55. The fraction of sp³-hybridized carbons (Fsp3) is 0. The molecule has 0 aliphatic rings. The minimum atomic E-state index is -0.373. The second-order valence-corrected chi connectivity index (χ2v) is 3.83. The van der Waals surface area contributed by atoms with Gasteiger partial charge in [0, 0.05) is 11.6 Å². The summed E-state index contributed by atoms with van der Waals surface area (Å²) in [5.74, 6) is -0.665. The Hall–Kier alpha value is -2.62. The van der Waals surface area contributed by atoms with Crippen molar-refractivity contribution in [1.29, 1.82) is 0 Å². The summed E-state index contributed by atoms with van der Waals surface area (Å²) in [6.45, 7) is 0. The molecule has 4 heteroatoms. The maximum atomic E-state index is 9.58. The van der Waals surface area contributed by atoms with Gasteiger partial charge in [0.2, 0.25) is 0 Å². The van der Waals surface area contributed by atoms with Crippen LogP contribution < -0.4 is 0 Å². The fourth-order valence-corrected chi connectivity index (χ4v) is 1.53. The van der Waals surface area contributed by atoms with E-state index in [4.69, 9.17) is 0 Å². The van der Waals surface area contributed by atoms with Gasteiger partial charge in [0.1, 0.15) is 11.5 Å². The van der Waals surface area contributed by atoms with E-state index in [1.165, 1.54) is 6.07 Å². The van der Waals surface area contributed by atoms with Crippen LogP contribution in [0.4, 0.5) is 0 Å². The van der Waals surface area contributed by atoms with Gasteiger partial charge in [-0.3, -0.25) is 0 Å². The summed E-state index contributed by atoms with van der Waals surface area (Å²) in [5, 5.41) is 37.4. The zero-order valence-electron chi connectivity index (χ0n) is 9.41. The molecule has 4 nitrogen and oxygen atoms in total. The van der Waals surface area contributed by atoms with E-state index in [0.29, 0.717) is 5.56 Å². The lowest BCUT2D eigenvalue weighted by Gasteiger charge is -2.02. The third-order valence-corrected chi connectivity index (χ3v) is 2.45. The van der Waals surface area contributed by atoms with Crippen molar-refractivity contribution < 1.29 is 20.4 Å². The van der Waals surface area contributed by atoms with E-state index in [0.717, 1.165) is 11.6 Å². The monoisotopic (exact) mass is 244 g/mol. The van der Waals surface area contributed by atoms with E-state index < -0.39 is 0 Å². The van der Waals surface area contributed by atoms with Gasteiger partial charge in [-0.25, -0.2) is 0 Å². The highest BCUT2D eigenvalue weighted by atomic mass is 16.3. The van der Waals surface area contributed by atoms with Crippen LogP contribution in [0.15, 0.2) is 36.4 Å². The summed E-state index contributed by atoms with van der Waals surface area (Å²) in [7, 11) is 0. The van der Waals surface area contributed by atoms with E-state index in [-0.39, 0.29) is 23.0 Å². The maximum absolute atomic E-state index is 9.58. The molecule has 0 saturated carbocycles. The number of hydrogen-bond acceptors (Lipinski definition) is 4. The Morgan fingerprint density at radius 3 is 2.17 bits per heavy atom. The van der Waals surface area contributed by atoms with Crippen LogP contribution >= 0.6 is 0 Å². The van der Waals surface area contributed by atoms with Gasteiger partial charge in [-0.2, -0.15) is 0 Å². The molecule has 0 radical (unpaired) electrons. The van der Waals surface area contributed by atoms with Gasteiger partial charge in [-0.05, 0) is 23.8 Å². The molecule has 0 atom stereocenters.